The third kappa shape index (κ3) is 1.78. The molecule has 0 unspecified atom stereocenters. The molecule has 1 rings (SSSR count). The summed E-state index contributed by atoms with van der Waals surface area (Å²) in [5, 5.41) is 0. The van der Waals surface area contributed by atoms with Crippen LogP contribution < -0.4 is 0 Å². The Morgan fingerprint density at radius 3 is 2.70 bits per heavy atom. The molecular formula is C7H12O3. The van der Waals surface area contributed by atoms with Crippen LogP contribution in [-0.2, 0) is 14.6 Å². The summed E-state index contributed by atoms with van der Waals surface area (Å²) in [6, 6.07) is 0. The molecule has 0 aliphatic carbocycles. The van der Waals surface area contributed by atoms with Gasteiger partial charge in [-0.05, 0) is 26.7 Å². The standard InChI is InChI=1S/C7H12O3/c1-7(2)4-3-6(5-8)9-10-7/h5-6H,3-4H2,1-2H3/t6-/m0/s1. The quantitative estimate of drug-likeness (QED) is 0.408. The number of carbonyl (C=O) groups is 1. The molecule has 0 spiro atoms. The molecular weight excluding hydrogens is 132 g/mol. The minimum absolute atomic E-state index is 0.223. The Kier molecular flexibility index (Phi) is 2.06. The number of hydrogen-bond acceptors (Lipinski definition) is 3. The zero-order valence-corrected chi connectivity index (χ0v) is 6.29. The van der Waals surface area contributed by atoms with Gasteiger partial charge in [-0.2, -0.15) is 0 Å². The normalized spacial score (nSPS) is 31.6. The van der Waals surface area contributed by atoms with Crippen molar-refractivity contribution in [3.05, 3.63) is 0 Å². The molecule has 3 nitrogen and oxygen atoms in total. The molecule has 0 aromatic carbocycles. The van der Waals surface area contributed by atoms with Gasteiger partial charge in [0.05, 0.1) is 5.60 Å². The minimum atomic E-state index is -0.354. The van der Waals surface area contributed by atoms with Crippen molar-refractivity contribution in [3.63, 3.8) is 0 Å². The summed E-state index contributed by atoms with van der Waals surface area (Å²) in [7, 11) is 0. The topological polar surface area (TPSA) is 35.5 Å². The summed E-state index contributed by atoms with van der Waals surface area (Å²) in [5.41, 5.74) is -0.223. The smallest absolute Gasteiger partial charge is 0.152 e. The molecule has 0 aromatic rings. The first-order valence-corrected chi connectivity index (χ1v) is 3.44. The third-order valence-corrected chi connectivity index (χ3v) is 1.58. The molecule has 3 heteroatoms. The molecule has 0 aromatic heterocycles. The van der Waals surface area contributed by atoms with Crippen LogP contribution in [0.5, 0.6) is 0 Å². The van der Waals surface area contributed by atoms with Crippen molar-refractivity contribution in [2.45, 2.75) is 38.4 Å². The van der Waals surface area contributed by atoms with Crippen molar-refractivity contribution in [1.29, 1.82) is 0 Å². The first kappa shape index (κ1) is 7.69. The highest BCUT2D eigenvalue weighted by Crippen LogP contribution is 2.24. The zero-order valence-electron chi connectivity index (χ0n) is 6.29. The molecule has 1 aliphatic heterocycles. The lowest BCUT2D eigenvalue weighted by Gasteiger charge is -2.30. The number of rotatable bonds is 1. The highest BCUT2D eigenvalue weighted by atomic mass is 17.2. The molecule has 1 fully saturated rings. The van der Waals surface area contributed by atoms with Crippen LogP contribution in [0, 0.1) is 0 Å². The Hall–Kier alpha value is -0.410. The van der Waals surface area contributed by atoms with Crippen LogP contribution in [0.15, 0.2) is 0 Å². The van der Waals surface area contributed by atoms with Crippen LogP contribution in [-0.4, -0.2) is 18.0 Å². The molecule has 0 radical (unpaired) electrons. The van der Waals surface area contributed by atoms with E-state index in [1.807, 2.05) is 13.8 Å². The lowest BCUT2D eigenvalue weighted by atomic mass is 10.00. The van der Waals surface area contributed by atoms with Gasteiger partial charge < -0.3 is 4.79 Å². The maximum Gasteiger partial charge on any atom is 0.152 e. The fourth-order valence-corrected chi connectivity index (χ4v) is 0.862. The summed E-state index contributed by atoms with van der Waals surface area (Å²) in [6.07, 6.45) is 2.05. The molecule has 0 N–H and O–H groups in total. The van der Waals surface area contributed by atoms with Crippen molar-refractivity contribution in [2.24, 2.45) is 0 Å². The van der Waals surface area contributed by atoms with E-state index in [9.17, 15) is 4.79 Å². The van der Waals surface area contributed by atoms with Crippen molar-refractivity contribution >= 4 is 6.29 Å². The largest absolute Gasteiger partial charge is 0.300 e. The molecule has 58 valence electrons. The first-order chi connectivity index (χ1) is 4.64. The van der Waals surface area contributed by atoms with Crippen LogP contribution in [0.4, 0.5) is 0 Å². The van der Waals surface area contributed by atoms with Crippen molar-refractivity contribution in [3.8, 4) is 0 Å². The van der Waals surface area contributed by atoms with E-state index < -0.39 is 0 Å². The fourth-order valence-electron chi connectivity index (χ4n) is 0.862. The van der Waals surface area contributed by atoms with Gasteiger partial charge >= 0.3 is 0 Å². The molecule has 1 saturated heterocycles. The molecule has 1 atom stereocenters. The van der Waals surface area contributed by atoms with Gasteiger partial charge in [0.25, 0.3) is 0 Å². The van der Waals surface area contributed by atoms with Gasteiger partial charge in [-0.1, -0.05) is 0 Å². The van der Waals surface area contributed by atoms with Crippen molar-refractivity contribution in [2.75, 3.05) is 0 Å². The first-order valence-electron chi connectivity index (χ1n) is 3.44. The average molecular weight is 144 g/mol. The van der Waals surface area contributed by atoms with Gasteiger partial charge in [0, 0.05) is 0 Å². The van der Waals surface area contributed by atoms with Gasteiger partial charge in [-0.25, -0.2) is 9.78 Å². The maximum absolute atomic E-state index is 10.2. The molecule has 0 amide bonds. The monoisotopic (exact) mass is 144 g/mol. The molecule has 0 bridgehead atoms. The number of aldehydes is 1. The predicted molar refractivity (Wildman–Crippen MR) is 35.3 cm³/mol. The Balaban J connectivity index is 2.38. The SMILES string of the molecule is CC1(C)CC[C@@H](C=O)OO1. The second-order valence-electron chi connectivity index (χ2n) is 3.15. The molecule has 0 saturated carbocycles. The summed E-state index contributed by atoms with van der Waals surface area (Å²) in [5.74, 6) is 0. The Bertz CT molecular complexity index is 121. The fraction of sp³-hybridized carbons (Fsp3) is 0.857. The van der Waals surface area contributed by atoms with E-state index in [1.165, 1.54) is 0 Å². The van der Waals surface area contributed by atoms with Crippen LogP contribution in [0.3, 0.4) is 0 Å². The highest BCUT2D eigenvalue weighted by Gasteiger charge is 2.28. The zero-order chi connectivity index (χ0) is 7.61. The van der Waals surface area contributed by atoms with E-state index in [-0.39, 0.29) is 11.7 Å². The van der Waals surface area contributed by atoms with Gasteiger partial charge in [-0.15, -0.1) is 0 Å². The van der Waals surface area contributed by atoms with Crippen LogP contribution in [0.25, 0.3) is 0 Å². The number of hydrogen-bond donors (Lipinski definition) is 0. The van der Waals surface area contributed by atoms with Gasteiger partial charge in [0.15, 0.2) is 6.29 Å². The third-order valence-electron chi connectivity index (χ3n) is 1.58. The second kappa shape index (κ2) is 2.68. The van der Waals surface area contributed by atoms with E-state index in [2.05, 4.69) is 0 Å². The Morgan fingerprint density at radius 2 is 2.30 bits per heavy atom. The van der Waals surface area contributed by atoms with Crippen LogP contribution in [0.2, 0.25) is 0 Å². The molecule has 1 aliphatic rings. The van der Waals surface area contributed by atoms with E-state index in [0.29, 0.717) is 0 Å². The molecule has 10 heavy (non-hydrogen) atoms. The predicted octanol–water partition coefficient (Wildman–Crippen LogP) is 1.07. The summed E-state index contributed by atoms with van der Waals surface area (Å²) in [4.78, 5) is 19.9. The Labute approximate surface area is 60.2 Å². The summed E-state index contributed by atoms with van der Waals surface area (Å²) < 4.78 is 0. The van der Waals surface area contributed by atoms with E-state index >= 15 is 0 Å². The summed E-state index contributed by atoms with van der Waals surface area (Å²) in [6.45, 7) is 3.88. The Morgan fingerprint density at radius 1 is 1.60 bits per heavy atom. The van der Waals surface area contributed by atoms with Gasteiger partial charge in [0.2, 0.25) is 0 Å². The lowest BCUT2D eigenvalue weighted by molar-refractivity contribution is -0.390. The number of carbonyl (C=O) groups excluding carboxylic acids is 1. The van der Waals surface area contributed by atoms with Crippen molar-refractivity contribution < 1.29 is 14.6 Å². The highest BCUT2D eigenvalue weighted by molar-refractivity contribution is 5.55. The second-order valence-corrected chi connectivity index (χ2v) is 3.15. The van der Waals surface area contributed by atoms with Crippen molar-refractivity contribution in [1.82, 2.24) is 0 Å². The maximum atomic E-state index is 10.2. The van der Waals surface area contributed by atoms with Crippen LogP contribution >= 0.6 is 0 Å². The van der Waals surface area contributed by atoms with E-state index in [4.69, 9.17) is 9.78 Å². The average Bonchev–Trinajstić information content (AvgIpc) is 1.88. The summed E-state index contributed by atoms with van der Waals surface area (Å²) >= 11 is 0. The molecule has 1 heterocycles. The lowest BCUT2D eigenvalue weighted by Crippen LogP contribution is -2.35. The van der Waals surface area contributed by atoms with Crippen LogP contribution in [0.1, 0.15) is 26.7 Å². The van der Waals surface area contributed by atoms with E-state index in [1.54, 1.807) is 0 Å². The van der Waals surface area contributed by atoms with Gasteiger partial charge in [-0.3, -0.25) is 0 Å². The van der Waals surface area contributed by atoms with E-state index in [0.717, 1.165) is 19.1 Å². The minimum Gasteiger partial charge on any atom is -0.300 e. The van der Waals surface area contributed by atoms with Gasteiger partial charge in [0.1, 0.15) is 6.10 Å².